The molecule has 0 radical (unpaired) electrons. The predicted octanol–water partition coefficient (Wildman–Crippen LogP) is 4.18. The quantitative estimate of drug-likeness (QED) is 0.798. The van der Waals surface area contributed by atoms with Gasteiger partial charge in [-0.25, -0.2) is 0 Å². The molecule has 0 saturated carbocycles. The van der Waals surface area contributed by atoms with Crippen molar-refractivity contribution in [2.24, 2.45) is 11.1 Å². The van der Waals surface area contributed by atoms with Crippen molar-refractivity contribution < 1.29 is 4.74 Å². The lowest BCUT2D eigenvalue weighted by molar-refractivity contribution is 0.281. The van der Waals surface area contributed by atoms with Crippen LogP contribution in [0, 0.1) is 16.7 Å². The van der Waals surface area contributed by atoms with Gasteiger partial charge < -0.3 is 10.5 Å². The highest BCUT2D eigenvalue weighted by Crippen LogP contribution is 2.28. The van der Waals surface area contributed by atoms with E-state index >= 15 is 0 Å². The molecular weight excluding hydrogens is 304 g/mol. The summed E-state index contributed by atoms with van der Waals surface area (Å²) >= 11 is 3.43. The average molecular weight is 325 g/mol. The lowest BCUT2D eigenvalue weighted by Gasteiger charge is -2.17. The molecule has 2 N–H and O–H groups in total. The van der Waals surface area contributed by atoms with E-state index in [-0.39, 0.29) is 11.5 Å². The number of ether oxygens (including phenoxy) is 1. The molecule has 0 aromatic heterocycles. The van der Waals surface area contributed by atoms with Crippen LogP contribution >= 0.6 is 15.9 Å². The van der Waals surface area contributed by atoms with Crippen LogP contribution in [0.5, 0.6) is 5.75 Å². The maximum atomic E-state index is 8.95. The summed E-state index contributed by atoms with van der Waals surface area (Å²) in [5.41, 5.74) is 6.64. The van der Waals surface area contributed by atoms with E-state index in [1.165, 1.54) is 0 Å². The summed E-state index contributed by atoms with van der Waals surface area (Å²) in [4.78, 5) is 0. The summed E-state index contributed by atoms with van der Waals surface area (Å²) < 4.78 is 6.78. The van der Waals surface area contributed by atoms with E-state index in [4.69, 9.17) is 15.7 Å². The zero-order chi connectivity index (χ0) is 14.5. The van der Waals surface area contributed by atoms with E-state index in [1.54, 1.807) is 0 Å². The van der Waals surface area contributed by atoms with Crippen molar-refractivity contribution in [3.8, 4) is 11.8 Å². The van der Waals surface area contributed by atoms with E-state index in [0.29, 0.717) is 6.61 Å². The summed E-state index contributed by atoms with van der Waals surface area (Å²) in [5, 5.41) is 8.95. The molecule has 0 spiro atoms. The highest BCUT2D eigenvalue weighted by Gasteiger charge is 2.16. The lowest BCUT2D eigenvalue weighted by Crippen LogP contribution is -2.12. The maximum absolute atomic E-state index is 8.95. The van der Waals surface area contributed by atoms with Crippen LogP contribution in [0.3, 0.4) is 0 Å². The first-order valence-electron chi connectivity index (χ1n) is 6.45. The van der Waals surface area contributed by atoms with Crippen molar-refractivity contribution in [3.05, 3.63) is 28.2 Å². The van der Waals surface area contributed by atoms with Gasteiger partial charge in [-0.15, -0.1) is 0 Å². The summed E-state index contributed by atoms with van der Waals surface area (Å²) in [6.07, 6.45) is 1.68. The zero-order valence-corrected chi connectivity index (χ0v) is 13.3. The Kier molecular flexibility index (Phi) is 5.84. The van der Waals surface area contributed by atoms with Gasteiger partial charge in [-0.05, 0) is 51.8 Å². The highest BCUT2D eigenvalue weighted by atomic mass is 79.9. The molecule has 0 bridgehead atoms. The van der Waals surface area contributed by atoms with Crippen LogP contribution in [0.15, 0.2) is 22.7 Å². The Morgan fingerprint density at radius 1 is 1.47 bits per heavy atom. The van der Waals surface area contributed by atoms with E-state index in [9.17, 15) is 0 Å². The Balaban J connectivity index is 2.57. The molecule has 1 aromatic rings. The van der Waals surface area contributed by atoms with Crippen molar-refractivity contribution in [3.63, 3.8) is 0 Å². The third kappa shape index (κ3) is 5.22. The minimum atomic E-state index is -0.285. The number of nitrogens with two attached hydrogens (primary N) is 1. The fourth-order valence-electron chi connectivity index (χ4n) is 1.76. The van der Waals surface area contributed by atoms with Gasteiger partial charge in [0.05, 0.1) is 18.1 Å². The van der Waals surface area contributed by atoms with Gasteiger partial charge in [-0.1, -0.05) is 15.9 Å². The maximum Gasteiger partial charge on any atom is 0.124 e. The zero-order valence-electron chi connectivity index (χ0n) is 11.7. The minimum absolute atomic E-state index is 0.0666. The van der Waals surface area contributed by atoms with Gasteiger partial charge >= 0.3 is 0 Å². The summed E-state index contributed by atoms with van der Waals surface area (Å²) in [7, 11) is 0. The fraction of sp³-hybridized carbons (Fsp3) is 0.533. The van der Waals surface area contributed by atoms with Crippen LogP contribution in [0.25, 0.3) is 0 Å². The smallest absolute Gasteiger partial charge is 0.124 e. The molecule has 0 amide bonds. The third-order valence-corrected chi connectivity index (χ3v) is 3.46. The van der Waals surface area contributed by atoms with Gasteiger partial charge in [0.15, 0.2) is 0 Å². The largest absolute Gasteiger partial charge is 0.493 e. The number of halogens is 1. The Labute approximate surface area is 123 Å². The van der Waals surface area contributed by atoms with Crippen LogP contribution in [0.1, 0.15) is 45.2 Å². The molecule has 19 heavy (non-hydrogen) atoms. The van der Waals surface area contributed by atoms with Crippen LogP contribution in [0.4, 0.5) is 0 Å². The first-order valence-corrected chi connectivity index (χ1v) is 7.24. The molecule has 0 aliphatic heterocycles. The Hall–Kier alpha value is -1.05. The highest BCUT2D eigenvalue weighted by molar-refractivity contribution is 9.10. The third-order valence-electron chi connectivity index (χ3n) is 2.97. The Bertz CT molecular complexity index is 464. The lowest BCUT2D eigenvalue weighted by atomic mass is 9.90. The second-order valence-electron chi connectivity index (χ2n) is 5.42. The first kappa shape index (κ1) is 16.0. The SMILES string of the molecule is CC(N)c1cc(Br)ccc1OCCCC(C)(C)C#N. The van der Waals surface area contributed by atoms with Gasteiger partial charge in [0.25, 0.3) is 0 Å². The molecule has 0 fully saturated rings. The molecule has 1 aromatic carbocycles. The van der Waals surface area contributed by atoms with Crippen LogP contribution in [-0.2, 0) is 0 Å². The van der Waals surface area contributed by atoms with Gasteiger partial charge in [0, 0.05) is 16.1 Å². The molecule has 4 heteroatoms. The second-order valence-corrected chi connectivity index (χ2v) is 6.33. The Morgan fingerprint density at radius 3 is 2.74 bits per heavy atom. The van der Waals surface area contributed by atoms with Gasteiger partial charge in [0.1, 0.15) is 5.75 Å². The number of hydrogen-bond donors (Lipinski definition) is 1. The second kappa shape index (κ2) is 6.93. The summed E-state index contributed by atoms with van der Waals surface area (Å²) in [5.74, 6) is 0.827. The molecule has 0 aliphatic rings. The van der Waals surface area contributed by atoms with Crippen LogP contribution < -0.4 is 10.5 Å². The number of rotatable bonds is 6. The number of nitrogens with zero attached hydrogens (tertiary/aromatic N) is 1. The van der Waals surface area contributed by atoms with Crippen molar-refractivity contribution in [2.45, 2.75) is 39.7 Å². The van der Waals surface area contributed by atoms with Crippen LogP contribution in [0.2, 0.25) is 0 Å². The van der Waals surface area contributed by atoms with Gasteiger partial charge in [-0.3, -0.25) is 0 Å². The molecule has 0 aliphatic carbocycles. The van der Waals surface area contributed by atoms with Crippen molar-refractivity contribution >= 4 is 15.9 Å². The van der Waals surface area contributed by atoms with Crippen molar-refractivity contribution in [1.82, 2.24) is 0 Å². The summed E-state index contributed by atoms with van der Waals surface area (Å²) in [6, 6.07) is 8.09. The first-order chi connectivity index (χ1) is 8.85. The number of benzene rings is 1. The fourth-order valence-corrected chi connectivity index (χ4v) is 2.14. The summed E-state index contributed by atoms with van der Waals surface area (Å²) in [6.45, 7) is 6.43. The topological polar surface area (TPSA) is 59.0 Å². The standard InChI is InChI=1S/C15H21BrN2O/c1-11(18)13-9-12(16)5-6-14(13)19-8-4-7-15(2,3)10-17/h5-6,9,11H,4,7-8,18H2,1-3H3. The van der Waals surface area contributed by atoms with Crippen molar-refractivity contribution in [2.75, 3.05) is 6.61 Å². The molecule has 1 unspecified atom stereocenters. The van der Waals surface area contributed by atoms with E-state index in [1.807, 2.05) is 39.0 Å². The normalized spacial score (nSPS) is 12.8. The molecule has 104 valence electrons. The van der Waals surface area contributed by atoms with Gasteiger partial charge in [0.2, 0.25) is 0 Å². The predicted molar refractivity (Wildman–Crippen MR) is 80.9 cm³/mol. The monoisotopic (exact) mass is 324 g/mol. The van der Waals surface area contributed by atoms with Gasteiger partial charge in [-0.2, -0.15) is 5.26 Å². The molecule has 0 heterocycles. The number of hydrogen-bond acceptors (Lipinski definition) is 3. The Morgan fingerprint density at radius 2 is 2.16 bits per heavy atom. The van der Waals surface area contributed by atoms with Crippen molar-refractivity contribution in [1.29, 1.82) is 5.26 Å². The molecule has 3 nitrogen and oxygen atoms in total. The molecule has 1 rings (SSSR count). The van der Waals surface area contributed by atoms with E-state index < -0.39 is 0 Å². The average Bonchev–Trinajstić information content (AvgIpc) is 2.36. The number of nitriles is 1. The van der Waals surface area contributed by atoms with E-state index in [2.05, 4.69) is 22.0 Å². The van der Waals surface area contributed by atoms with E-state index in [0.717, 1.165) is 28.6 Å². The molecule has 0 saturated heterocycles. The molecular formula is C15H21BrN2O. The minimum Gasteiger partial charge on any atom is -0.493 e. The molecule has 1 atom stereocenters. The van der Waals surface area contributed by atoms with Crippen LogP contribution in [-0.4, -0.2) is 6.61 Å².